The van der Waals surface area contributed by atoms with E-state index < -0.39 is 0 Å². The molecule has 6 heteroatoms. The lowest BCUT2D eigenvalue weighted by Gasteiger charge is -2.04. The summed E-state index contributed by atoms with van der Waals surface area (Å²) in [6.07, 6.45) is 3.60. The lowest BCUT2D eigenvalue weighted by atomic mass is 10.2. The molecule has 100 valence electrons. The molecule has 4 nitrogen and oxygen atoms in total. The van der Waals surface area contributed by atoms with Gasteiger partial charge in [-0.25, -0.2) is 4.39 Å². The summed E-state index contributed by atoms with van der Waals surface area (Å²) >= 11 is 1.49. The fourth-order valence-electron chi connectivity index (χ4n) is 1.55. The molecule has 0 aliphatic heterocycles. The number of nitrogens with zero attached hydrogens (tertiary/aromatic N) is 4. The van der Waals surface area contributed by atoms with Crippen molar-refractivity contribution in [1.82, 2.24) is 14.9 Å². The molecule has 1 aromatic carbocycles. The van der Waals surface area contributed by atoms with E-state index in [4.69, 9.17) is 0 Å². The van der Waals surface area contributed by atoms with Crippen molar-refractivity contribution in [2.45, 2.75) is 24.9 Å². The van der Waals surface area contributed by atoms with Crippen molar-refractivity contribution in [3.8, 4) is 0 Å². The van der Waals surface area contributed by atoms with Gasteiger partial charge in [-0.2, -0.15) is 9.78 Å². The van der Waals surface area contributed by atoms with Crippen LogP contribution in [-0.4, -0.2) is 27.3 Å². The highest BCUT2D eigenvalue weighted by Crippen LogP contribution is 2.19. The first-order chi connectivity index (χ1) is 9.11. The number of thioether (sulfide) groups is 1. The summed E-state index contributed by atoms with van der Waals surface area (Å²) in [6, 6.07) is 6.17. The Morgan fingerprint density at radius 2 is 1.95 bits per heavy atom. The Bertz CT molecular complexity index is 575. The molecule has 0 spiro atoms. The van der Waals surface area contributed by atoms with Crippen LogP contribution in [0.25, 0.3) is 0 Å². The van der Waals surface area contributed by atoms with Gasteiger partial charge in [-0.15, -0.1) is 10.2 Å². The van der Waals surface area contributed by atoms with E-state index in [-0.39, 0.29) is 11.7 Å². The molecule has 1 heterocycles. The van der Waals surface area contributed by atoms with Crippen molar-refractivity contribution in [3.63, 3.8) is 0 Å². The molecule has 0 saturated carbocycles. The SMILES string of the molecule is CSc1nnc(C(C)C)n1/N=C\c1ccc(F)cc1. The van der Waals surface area contributed by atoms with Crippen molar-refractivity contribution in [3.05, 3.63) is 41.5 Å². The molecule has 0 atom stereocenters. The maximum Gasteiger partial charge on any atom is 0.211 e. The number of rotatable bonds is 4. The molecule has 0 bridgehead atoms. The quantitative estimate of drug-likeness (QED) is 0.637. The van der Waals surface area contributed by atoms with Crippen molar-refractivity contribution in [1.29, 1.82) is 0 Å². The first kappa shape index (κ1) is 13.7. The van der Waals surface area contributed by atoms with E-state index in [1.807, 2.05) is 20.1 Å². The molecule has 2 aromatic rings. The predicted molar refractivity (Wildman–Crippen MR) is 75.3 cm³/mol. The van der Waals surface area contributed by atoms with Crippen LogP contribution in [0.3, 0.4) is 0 Å². The van der Waals surface area contributed by atoms with E-state index >= 15 is 0 Å². The van der Waals surface area contributed by atoms with E-state index in [1.165, 1.54) is 23.9 Å². The molecular weight excluding hydrogens is 263 g/mol. The van der Waals surface area contributed by atoms with Crippen LogP contribution in [0.1, 0.15) is 31.2 Å². The minimum absolute atomic E-state index is 0.235. The normalized spacial score (nSPS) is 11.6. The number of benzene rings is 1. The molecule has 0 aliphatic rings. The van der Waals surface area contributed by atoms with Crippen LogP contribution in [0, 0.1) is 5.82 Å². The summed E-state index contributed by atoms with van der Waals surface area (Å²) in [5, 5.41) is 13.3. The topological polar surface area (TPSA) is 43.1 Å². The molecule has 0 aliphatic carbocycles. The highest BCUT2D eigenvalue weighted by Gasteiger charge is 2.13. The molecule has 2 rings (SSSR count). The zero-order valence-electron chi connectivity index (χ0n) is 11.0. The summed E-state index contributed by atoms with van der Waals surface area (Å²) < 4.78 is 14.5. The van der Waals surface area contributed by atoms with Gasteiger partial charge in [0.25, 0.3) is 0 Å². The van der Waals surface area contributed by atoms with Crippen molar-refractivity contribution in [2.24, 2.45) is 5.10 Å². The van der Waals surface area contributed by atoms with Gasteiger partial charge in [0.05, 0.1) is 6.21 Å². The monoisotopic (exact) mass is 278 g/mol. The van der Waals surface area contributed by atoms with E-state index in [0.717, 1.165) is 16.5 Å². The molecule has 0 N–H and O–H groups in total. The second-order valence-electron chi connectivity index (χ2n) is 4.31. The molecule has 0 fully saturated rings. The maximum atomic E-state index is 12.8. The Labute approximate surface area is 115 Å². The van der Waals surface area contributed by atoms with E-state index in [1.54, 1.807) is 23.0 Å². The Morgan fingerprint density at radius 3 is 2.53 bits per heavy atom. The van der Waals surface area contributed by atoms with Crippen LogP contribution >= 0.6 is 11.8 Å². The average molecular weight is 278 g/mol. The Hall–Kier alpha value is -1.69. The molecule has 0 saturated heterocycles. The molecule has 0 amide bonds. The molecule has 19 heavy (non-hydrogen) atoms. The van der Waals surface area contributed by atoms with Gasteiger partial charge >= 0.3 is 0 Å². The first-order valence-corrected chi connectivity index (χ1v) is 7.13. The number of aromatic nitrogens is 3. The molecule has 0 unspecified atom stereocenters. The summed E-state index contributed by atoms with van der Waals surface area (Å²) in [5.41, 5.74) is 0.830. The van der Waals surface area contributed by atoms with Crippen LogP contribution in [0.2, 0.25) is 0 Å². The molecule has 0 radical (unpaired) electrons. The highest BCUT2D eigenvalue weighted by molar-refractivity contribution is 7.98. The molecule has 1 aromatic heterocycles. The van der Waals surface area contributed by atoms with Gasteiger partial charge in [0.15, 0.2) is 5.82 Å². The first-order valence-electron chi connectivity index (χ1n) is 5.91. The van der Waals surface area contributed by atoms with Gasteiger partial charge in [0, 0.05) is 5.92 Å². The zero-order chi connectivity index (χ0) is 13.8. The van der Waals surface area contributed by atoms with Gasteiger partial charge < -0.3 is 0 Å². The molecular formula is C13H15FN4S. The Kier molecular flexibility index (Phi) is 4.31. The smallest absolute Gasteiger partial charge is 0.207 e. The van der Waals surface area contributed by atoms with Crippen LogP contribution < -0.4 is 0 Å². The Morgan fingerprint density at radius 1 is 1.26 bits per heavy atom. The highest BCUT2D eigenvalue weighted by atomic mass is 32.2. The second kappa shape index (κ2) is 5.97. The van der Waals surface area contributed by atoms with E-state index in [0.29, 0.717) is 0 Å². The summed E-state index contributed by atoms with van der Waals surface area (Å²) in [6.45, 7) is 4.08. The fraction of sp³-hybridized carbons (Fsp3) is 0.308. The summed E-state index contributed by atoms with van der Waals surface area (Å²) in [4.78, 5) is 0. The average Bonchev–Trinajstić information content (AvgIpc) is 2.81. The minimum Gasteiger partial charge on any atom is -0.207 e. The number of hydrogen-bond acceptors (Lipinski definition) is 4. The van der Waals surface area contributed by atoms with Gasteiger partial charge in [-0.1, -0.05) is 37.7 Å². The summed E-state index contributed by atoms with van der Waals surface area (Å²) in [7, 11) is 0. The number of hydrogen-bond donors (Lipinski definition) is 0. The Balaban J connectivity index is 2.31. The largest absolute Gasteiger partial charge is 0.211 e. The lowest BCUT2D eigenvalue weighted by Crippen LogP contribution is -2.01. The minimum atomic E-state index is -0.255. The van der Waals surface area contributed by atoms with Gasteiger partial charge in [-0.3, -0.25) is 0 Å². The lowest BCUT2D eigenvalue weighted by molar-refractivity contribution is 0.627. The number of halogens is 1. The zero-order valence-corrected chi connectivity index (χ0v) is 11.9. The van der Waals surface area contributed by atoms with E-state index in [9.17, 15) is 4.39 Å². The van der Waals surface area contributed by atoms with Crippen molar-refractivity contribution in [2.75, 3.05) is 6.26 Å². The van der Waals surface area contributed by atoms with Crippen LogP contribution in [0.4, 0.5) is 4.39 Å². The van der Waals surface area contributed by atoms with Crippen LogP contribution in [0.15, 0.2) is 34.5 Å². The van der Waals surface area contributed by atoms with Crippen molar-refractivity contribution >= 4 is 18.0 Å². The van der Waals surface area contributed by atoms with Gasteiger partial charge in [0.1, 0.15) is 5.82 Å². The van der Waals surface area contributed by atoms with Gasteiger partial charge in [0.2, 0.25) is 5.16 Å². The fourth-order valence-corrected chi connectivity index (χ4v) is 1.98. The van der Waals surface area contributed by atoms with Crippen LogP contribution in [0.5, 0.6) is 0 Å². The standard InChI is InChI=1S/C13H15FN4S/c1-9(2)12-16-17-13(19-3)18(12)15-8-10-4-6-11(14)7-5-10/h4-9H,1-3H3/b15-8-. The van der Waals surface area contributed by atoms with Crippen LogP contribution in [-0.2, 0) is 0 Å². The third kappa shape index (κ3) is 3.20. The van der Waals surface area contributed by atoms with E-state index in [2.05, 4.69) is 15.3 Å². The second-order valence-corrected chi connectivity index (χ2v) is 5.08. The maximum absolute atomic E-state index is 12.8. The summed E-state index contributed by atoms with van der Waals surface area (Å²) in [5.74, 6) is 0.788. The predicted octanol–water partition coefficient (Wildman–Crippen LogP) is 3.14. The third-order valence-electron chi connectivity index (χ3n) is 2.53. The third-order valence-corrected chi connectivity index (χ3v) is 3.15. The van der Waals surface area contributed by atoms with Gasteiger partial charge in [-0.05, 0) is 24.0 Å². The van der Waals surface area contributed by atoms with Crippen molar-refractivity contribution < 1.29 is 4.39 Å².